The second-order valence-electron chi connectivity index (χ2n) is 19.9. The summed E-state index contributed by atoms with van der Waals surface area (Å²) in [7, 11) is 3.22. The lowest BCUT2D eigenvalue weighted by molar-refractivity contribution is -0.144. The van der Waals surface area contributed by atoms with Crippen molar-refractivity contribution in [3.63, 3.8) is 0 Å². The van der Waals surface area contributed by atoms with Crippen molar-refractivity contribution in [2.45, 2.75) is 85.0 Å². The molecule has 3 atom stereocenters. The summed E-state index contributed by atoms with van der Waals surface area (Å²) in [6.45, 7) is 9.44. The number of aromatic nitrogens is 6. The number of β-amino-alcohol motifs (C(OH)–C–C–N with tert-alkyl or cyclic N) is 1. The molecule has 0 radical (unpaired) electrons. The molecule has 8 rings (SSSR count). The van der Waals surface area contributed by atoms with Crippen LogP contribution < -0.4 is 35.9 Å². The van der Waals surface area contributed by atoms with Gasteiger partial charge in [0.25, 0.3) is 0 Å². The maximum atomic E-state index is 14.0. The number of nitrogen functional groups attached to an aromatic ring is 1. The molecule has 4 amide bonds. The zero-order valence-electron chi connectivity index (χ0n) is 44.7. The van der Waals surface area contributed by atoms with Crippen LogP contribution in [0.4, 0.5) is 5.95 Å². The topological polar surface area (TPSA) is 261 Å². The molecule has 0 bridgehead atoms. The number of ether oxygens (including phenoxy) is 5. The van der Waals surface area contributed by atoms with E-state index in [-0.39, 0.29) is 77.3 Å². The maximum absolute atomic E-state index is 14.0. The van der Waals surface area contributed by atoms with Crippen LogP contribution >= 0.6 is 11.3 Å². The molecule has 22 heteroatoms. The number of amides is 4. The Balaban J connectivity index is 0.715. The van der Waals surface area contributed by atoms with Crippen LogP contribution in [0.15, 0.2) is 96.9 Å². The lowest BCUT2D eigenvalue weighted by atomic mass is 9.85. The van der Waals surface area contributed by atoms with Gasteiger partial charge in [-0.3, -0.25) is 28.4 Å². The minimum absolute atomic E-state index is 0.0138. The third-order valence-corrected chi connectivity index (χ3v) is 14.1. The third-order valence-electron chi connectivity index (χ3n) is 13.1. The lowest BCUT2D eigenvalue weighted by Crippen LogP contribution is -2.57. The highest BCUT2D eigenvalue weighted by Gasteiger charge is 2.44. The first kappa shape index (κ1) is 56.3. The molecular formula is C56H67N11O10S. The van der Waals surface area contributed by atoms with Gasteiger partial charge in [-0.2, -0.15) is 5.10 Å². The van der Waals surface area contributed by atoms with E-state index >= 15 is 0 Å². The van der Waals surface area contributed by atoms with Gasteiger partial charge in [-0.15, -0.1) is 11.3 Å². The van der Waals surface area contributed by atoms with Gasteiger partial charge in [0.1, 0.15) is 36.5 Å². The first-order valence-corrected chi connectivity index (χ1v) is 26.5. The number of hydrogen-bond donors (Lipinski definition) is 5. The highest BCUT2D eigenvalue weighted by Crippen LogP contribution is 2.32. The van der Waals surface area contributed by atoms with E-state index in [1.165, 1.54) is 9.58 Å². The van der Waals surface area contributed by atoms with Crippen molar-refractivity contribution in [3.05, 3.63) is 119 Å². The van der Waals surface area contributed by atoms with Gasteiger partial charge in [0.15, 0.2) is 17.1 Å². The number of nitrogens with two attached hydrogens (primary N) is 1. The van der Waals surface area contributed by atoms with Gasteiger partial charge < -0.3 is 55.4 Å². The van der Waals surface area contributed by atoms with Gasteiger partial charge in [-0.1, -0.05) is 63.2 Å². The minimum Gasteiger partial charge on any atom is -0.497 e. The fourth-order valence-electron chi connectivity index (χ4n) is 8.90. The molecule has 3 aromatic carbocycles. The SMILES string of the molecule is COc1ccc(COc2ccc(Cn3c(N)nc4cc(-c5cnn(CC(=O)NCCOCCOCCC(=O)N[C@H](C(=O)N6C[C@H](O)C[C@H]6C(=O)NCc6ccc(-c7scnc7C)cc6)C(C)(C)C)c5)cnc43)cc2OC)cc1. The monoisotopic (exact) mass is 1090 g/mol. The Morgan fingerprint density at radius 2 is 1.58 bits per heavy atom. The first-order chi connectivity index (χ1) is 37.6. The smallest absolute Gasteiger partial charge is 0.246 e. The van der Waals surface area contributed by atoms with Crippen LogP contribution in [-0.4, -0.2) is 135 Å². The second-order valence-corrected chi connectivity index (χ2v) is 20.8. The zero-order valence-corrected chi connectivity index (χ0v) is 45.5. The number of nitrogens with zero attached hydrogens (tertiary/aromatic N) is 7. The molecule has 0 saturated carbocycles. The van der Waals surface area contributed by atoms with Crippen molar-refractivity contribution < 1.29 is 48.0 Å². The number of pyridine rings is 1. The van der Waals surface area contributed by atoms with Crippen LogP contribution in [0.1, 0.15) is 56.0 Å². The van der Waals surface area contributed by atoms with E-state index in [1.807, 2.05) is 111 Å². The molecule has 21 nitrogen and oxygen atoms in total. The van der Waals surface area contributed by atoms with Crippen molar-refractivity contribution >= 4 is 52.1 Å². The Kier molecular flexibility index (Phi) is 18.7. The molecule has 5 heterocycles. The molecule has 1 aliphatic heterocycles. The number of carbonyl (C=O) groups excluding carboxylic acids is 4. The highest BCUT2D eigenvalue weighted by molar-refractivity contribution is 7.13. The summed E-state index contributed by atoms with van der Waals surface area (Å²) >= 11 is 1.57. The number of hydrogen-bond acceptors (Lipinski definition) is 16. The number of anilines is 1. The molecule has 0 unspecified atom stereocenters. The fourth-order valence-corrected chi connectivity index (χ4v) is 9.71. The number of aliphatic hydroxyl groups is 1. The summed E-state index contributed by atoms with van der Waals surface area (Å²) in [5.74, 6) is 0.797. The standard InChI is InChI=1S/C56H67N11O10S/c1-35-50(78-34-61-35)39-12-7-36(8-13-39)26-60-53(71)45-25-42(68)31-66(45)54(72)51(56(2,3)4)64-48(69)17-19-75-21-22-76-20-18-58-49(70)32-65-30-41(28-62-65)40-24-44-52(59-27-40)67(55(57)63-44)29-38-11-16-46(47(23-38)74-6)77-33-37-9-14-43(73-5)15-10-37/h7-16,23-24,27-28,30,34,42,45,51,68H,17-22,25-26,29,31-33H2,1-6H3,(H2,57,63)(H,58,70)(H,60,71)(H,64,69)/t42-,45+,51-/m1/s1. The normalized spacial score (nSPS) is 14.8. The highest BCUT2D eigenvalue weighted by atomic mass is 32.1. The summed E-state index contributed by atoms with van der Waals surface area (Å²) in [4.78, 5) is 69.4. The molecule has 412 valence electrons. The predicted molar refractivity (Wildman–Crippen MR) is 293 cm³/mol. The van der Waals surface area contributed by atoms with Crippen LogP contribution in [0.25, 0.3) is 32.7 Å². The Bertz CT molecular complexity index is 3170. The van der Waals surface area contributed by atoms with Gasteiger partial charge in [0, 0.05) is 56.0 Å². The minimum atomic E-state index is -0.959. The number of imidazole rings is 1. The zero-order chi connectivity index (χ0) is 55.3. The van der Waals surface area contributed by atoms with Gasteiger partial charge in [-0.25, -0.2) is 15.0 Å². The van der Waals surface area contributed by atoms with E-state index in [0.29, 0.717) is 41.8 Å². The fraction of sp³-hybridized carbons (Fsp3) is 0.393. The van der Waals surface area contributed by atoms with Crippen molar-refractivity contribution in [3.8, 4) is 38.8 Å². The van der Waals surface area contributed by atoms with E-state index < -0.39 is 35.4 Å². The molecule has 0 spiro atoms. The van der Waals surface area contributed by atoms with Crippen molar-refractivity contribution in [1.29, 1.82) is 0 Å². The Morgan fingerprint density at radius 3 is 2.29 bits per heavy atom. The summed E-state index contributed by atoms with van der Waals surface area (Å²) in [5, 5.41) is 23.5. The summed E-state index contributed by atoms with van der Waals surface area (Å²) in [6.07, 6.45) is 4.32. The number of benzene rings is 3. The Hall–Kier alpha value is -7.92. The number of fused-ring (bicyclic) bond motifs is 1. The predicted octanol–water partition coefficient (Wildman–Crippen LogP) is 5.30. The van der Waals surface area contributed by atoms with Gasteiger partial charge >= 0.3 is 0 Å². The number of nitrogens with one attached hydrogen (secondary N) is 3. The summed E-state index contributed by atoms with van der Waals surface area (Å²) < 4.78 is 31.6. The van der Waals surface area contributed by atoms with Crippen LogP contribution in [0, 0.1) is 12.3 Å². The van der Waals surface area contributed by atoms with Crippen LogP contribution in [-0.2, 0) is 54.9 Å². The average molecular weight is 1090 g/mol. The molecule has 7 aromatic rings. The van der Waals surface area contributed by atoms with Gasteiger partial charge in [0.2, 0.25) is 29.6 Å². The van der Waals surface area contributed by atoms with Crippen LogP contribution in [0.2, 0.25) is 0 Å². The van der Waals surface area contributed by atoms with Gasteiger partial charge in [0.05, 0.1) is 75.6 Å². The lowest BCUT2D eigenvalue weighted by Gasteiger charge is -2.35. The number of likely N-dealkylation sites (tertiary alicyclic amines) is 1. The summed E-state index contributed by atoms with van der Waals surface area (Å²) in [5.41, 5.74) is 15.0. The van der Waals surface area contributed by atoms with Crippen LogP contribution in [0.5, 0.6) is 17.2 Å². The number of carbonyl (C=O) groups is 4. The average Bonchev–Trinajstić information content (AvgIpc) is 4.26. The maximum Gasteiger partial charge on any atom is 0.246 e. The van der Waals surface area contributed by atoms with E-state index in [2.05, 4.69) is 31.0 Å². The summed E-state index contributed by atoms with van der Waals surface area (Å²) in [6, 6.07) is 21.3. The molecule has 1 saturated heterocycles. The first-order valence-electron chi connectivity index (χ1n) is 25.6. The van der Waals surface area contributed by atoms with E-state index in [1.54, 1.807) is 44.1 Å². The number of methoxy groups -OCH3 is 2. The number of aryl methyl sites for hydroxylation is 1. The number of thiazole rings is 1. The molecule has 1 fully saturated rings. The Labute approximate surface area is 456 Å². The number of rotatable bonds is 25. The molecule has 6 N–H and O–H groups in total. The molecular weight excluding hydrogens is 1020 g/mol. The second kappa shape index (κ2) is 25.9. The van der Waals surface area contributed by atoms with Gasteiger partial charge in [-0.05, 0) is 64.9 Å². The third kappa shape index (κ3) is 14.6. The van der Waals surface area contributed by atoms with Crippen molar-refractivity contribution in [2.24, 2.45) is 5.41 Å². The van der Waals surface area contributed by atoms with Crippen LogP contribution in [0.3, 0.4) is 0 Å². The van der Waals surface area contributed by atoms with E-state index in [4.69, 9.17) is 34.4 Å². The van der Waals surface area contributed by atoms with E-state index in [9.17, 15) is 24.3 Å². The molecule has 1 aliphatic rings. The molecule has 4 aromatic heterocycles. The van der Waals surface area contributed by atoms with E-state index in [0.717, 1.165) is 49.7 Å². The molecule has 78 heavy (non-hydrogen) atoms. The Morgan fingerprint density at radius 1 is 0.833 bits per heavy atom. The van der Waals surface area contributed by atoms with Crippen molar-refractivity contribution in [1.82, 2.24) is 50.1 Å². The van der Waals surface area contributed by atoms with Crippen molar-refractivity contribution in [2.75, 3.05) is 59.5 Å². The quantitative estimate of drug-likeness (QED) is 0.0455. The molecule has 0 aliphatic carbocycles. The number of aliphatic hydroxyl groups excluding tert-OH is 1. The largest absolute Gasteiger partial charge is 0.497 e.